The Kier molecular flexibility index (Phi) is 7.85. The molecule has 170 valence electrons. The van der Waals surface area contributed by atoms with Gasteiger partial charge in [0.15, 0.2) is 8.32 Å². The fourth-order valence-corrected chi connectivity index (χ4v) is 4.62. The van der Waals surface area contributed by atoms with Crippen LogP contribution >= 0.6 is 0 Å². The van der Waals surface area contributed by atoms with Gasteiger partial charge in [0.25, 0.3) is 0 Å². The van der Waals surface area contributed by atoms with E-state index in [0.717, 1.165) is 29.7 Å². The molecule has 3 aromatic rings. The molecule has 0 aliphatic rings. The monoisotopic (exact) mass is 451 g/mol. The molecular weight excluding hydrogens is 417 g/mol. The number of hydrogen-bond donors (Lipinski definition) is 0. The number of nitrogens with zero attached hydrogens (tertiary/aromatic N) is 1. The van der Waals surface area contributed by atoms with Gasteiger partial charge in [-0.25, -0.2) is 4.39 Å². The quantitative estimate of drug-likeness (QED) is 0.320. The Morgan fingerprint density at radius 1 is 0.969 bits per heavy atom. The topological polar surface area (TPSA) is 31.4 Å². The first kappa shape index (κ1) is 24.1. The fraction of sp³-hybridized carbons (Fsp3) is 0.370. The van der Waals surface area contributed by atoms with E-state index in [1.54, 1.807) is 12.3 Å². The van der Waals surface area contributed by atoms with Gasteiger partial charge in [-0.15, -0.1) is 0 Å². The van der Waals surface area contributed by atoms with Crippen LogP contribution in [0.5, 0.6) is 5.75 Å². The van der Waals surface area contributed by atoms with Gasteiger partial charge in [0.05, 0.1) is 6.10 Å². The molecule has 1 unspecified atom stereocenters. The van der Waals surface area contributed by atoms with Crippen LogP contribution in [-0.4, -0.2) is 26.0 Å². The molecule has 0 saturated heterocycles. The van der Waals surface area contributed by atoms with E-state index in [4.69, 9.17) is 9.16 Å². The van der Waals surface area contributed by atoms with E-state index in [1.807, 2.05) is 42.6 Å². The standard InChI is InChI=1S/C27H34FNO2Si/c1-27(2,3)32(4,5)31-26(14-11-21-8-7-17-29-19-21)20-30-25-15-12-22(13-16-25)23-9-6-10-24(28)18-23/h6-10,12-13,15-19,26H,11,14,20H2,1-5H3. The van der Waals surface area contributed by atoms with Crippen LogP contribution in [0.4, 0.5) is 4.39 Å². The second-order valence-electron chi connectivity index (χ2n) is 9.75. The normalized spacial score (nSPS) is 13.1. The fourth-order valence-electron chi connectivity index (χ4n) is 3.24. The lowest BCUT2D eigenvalue weighted by atomic mass is 10.1. The molecule has 0 aliphatic heterocycles. The van der Waals surface area contributed by atoms with Crippen LogP contribution in [0.1, 0.15) is 32.8 Å². The minimum absolute atomic E-state index is 0.000932. The summed E-state index contributed by atoms with van der Waals surface area (Å²) in [5, 5.41) is 0.131. The van der Waals surface area contributed by atoms with Gasteiger partial charge >= 0.3 is 0 Å². The zero-order valence-electron chi connectivity index (χ0n) is 19.8. The van der Waals surface area contributed by atoms with Gasteiger partial charge in [-0.2, -0.15) is 0 Å². The Morgan fingerprint density at radius 2 is 1.72 bits per heavy atom. The largest absolute Gasteiger partial charge is 0.491 e. The molecule has 0 radical (unpaired) electrons. The van der Waals surface area contributed by atoms with Crippen LogP contribution in [-0.2, 0) is 10.8 Å². The first-order chi connectivity index (χ1) is 15.1. The molecule has 5 heteroatoms. The summed E-state index contributed by atoms with van der Waals surface area (Å²) in [5.74, 6) is 0.553. The second-order valence-corrected chi connectivity index (χ2v) is 14.5. The minimum atomic E-state index is -1.93. The summed E-state index contributed by atoms with van der Waals surface area (Å²) < 4.78 is 26.4. The van der Waals surface area contributed by atoms with Crippen molar-refractivity contribution in [1.29, 1.82) is 0 Å². The van der Waals surface area contributed by atoms with Crippen LogP contribution in [0.25, 0.3) is 11.1 Å². The lowest BCUT2D eigenvalue weighted by molar-refractivity contribution is 0.108. The number of aromatic nitrogens is 1. The van der Waals surface area contributed by atoms with Gasteiger partial charge in [0.1, 0.15) is 18.2 Å². The van der Waals surface area contributed by atoms with Crippen molar-refractivity contribution < 1.29 is 13.6 Å². The molecule has 0 saturated carbocycles. The zero-order valence-corrected chi connectivity index (χ0v) is 20.8. The van der Waals surface area contributed by atoms with Crippen LogP contribution in [0.3, 0.4) is 0 Å². The average molecular weight is 452 g/mol. The maximum atomic E-state index is 13.5. The summed E-state index contributed by atoms with van der Waals surface area (Å²) >= 11 is 0. The lowest BCUT2D eigenvalue weighted by Crippen LogP contribution is -2.45. The molecule has 0 fully saturated rings. The van der Waals surface area contributed by atoms with Gasteiger partial charge in [-0.1, -0.05) is 51.1 Å². The van der Waals surface area contributed by atoms with Crippen molar-refractivity contribution in [2.24, 2.45) is 0 Å². The second kappa shape index (κ2) is 10.4. The highest BCUT2D eigenvalue weighted by atomic mass is 28.4. The van der Waals surface area contributed by atoms with Gasteiger partial charge < -0.3 is 9.16 Å². The molecule has 0 N–H and O–H groups in total. The van der Waals surface area contributed by atoms with Crippen molar-refractivity contribution in [2.75, 3.05) is 6.61 Å². The Hall–Kier alpha value is -2.50. The molecule has 0 spiro atoms. The maximum Gasteiger partial charge on any atom is 0.192 e. The van der Waals surface area contributed by atoms with Crippen LogP contribution in [0.2, 0.25) is 18.1 Å². The summed E-state index contributed by atoms with van der Waals surface area (Å²) in [6.07, 6.45) is 5.48. The number of pyridine rings is 1. The molecule has 0 aliphatic carbocycles. The summed E-state index contributed by atoms with van der Waals surface area (Å²) in [6.45, 7) is 11.8. The molecule has 32 heavy (non-hydrogen) atoms. The molecule has 1 heterocycles. The number of rotatable bonds is 9. The smallest absolute Gasteiger partial charge is 0.192 e. The number of benzene rings is 2. The lowest BCUT2D eigenvalue weighted by Gasteiger charge is -2.39. The SMILES string of the molecule is CC(C)(C)[Si](C)(C)OC(CCc1cccnc1)COc1ccc(-c2cccc(F)c2)cc1. The molecule has 0 bridgehead atoms. The van der Waals surface area contributed by atoms with Crippen molar-refractivity contribution in [2.45, 2.75) is 57.8 Å². The third kappa shape index (κ3) is 6.75. The van der Waals surface area contributed by atoms with E-state index in [1.165, 1.54) is 17.7 Å². The number of halogens is 1. The van der Waals surface area contributed by atoms with Gasteiger partial charge in [0, 0.05) is 12.4 Å². The summed E-state index contributed by atoms with van der Waals surface area (Å²) in [4.78, 5) is 4.22. The van der Waals surface area contributed by atoms with Gasteiger partial charge in [-0.3, -0.25) is 4.98 Å². The van der Waals surface area contributed by atoms with Crippen molar-refractivity contribution in [3.05, 3.63) is 84.4 Å². The minimum Gasteiger partial charge on any atom is -0.491 e. The van der Waals surface area contributed by atoms with Crippen molar-refractivity contribution >= 4 is 8.32 Å². The van der Waals surface area contributed by atoms with E-state index < -0.39 is 8.32 Å². The molecule has 2 aromatic carbocycles. The molecule has 1 atom stereocenters. The van der Waals surface area contributed by atoms with E-state index in [2.05, 4.69) is 44.9 Å². The van der Waals surface area contributed by atoms with Crippen molar-refractivity contribution in [1.82, 2.24) is 4.98 Å². The number of ether oxygens (including phenoxy) is 1. The first-order valence-electron chi connectivity index (χ1n) is 11.2. The van der Waals surface area contributed by atoms with E-state index in [9.17, 15) is 4.39 Å². The summed E-state index contributed by atoms with van der Waals surface area (Å²) in [6, 6.07) is 18.5. The van der Waals surface area contributed by atoms with Crippen LogP contribution < -0.4 is 4.74 Å². The Labute approximate surface area is 192 Å². The molecule has 3 nitrogen and oxygen atoms in total. The van der Waals surface area contributed by atoms with Gasteiger partial charge in [-0.05, 0) is 78.0 Å². The molecule has 3 rings (SSSR count). The summed E-state index contributed by atoms with van der Waals surface area (Å²) in [7, 11) is -1.93. The Bertz CT molecular complexity index is 985. The van der Waals surface area contributed by atoms with E-state index in [0.29, 0.717) is 6.61 Å². The zero-order chi connectivity index (χ0) is 23.2. The predicted molar refractivity (Wildman–Crippen MR) is 132 cm³/mol. The van der Waals surface area contributed by atoms with E-state index in [-0.39, 0.29) is 17.0 Å². The maximum absolute atomic E-state index is 13.5. The van der Waals surface area contributed by atoms with E-state index >= 15 is 0 Å². The van der Waals surface area contributed by atoms with Crippen LogP contribution in [0.15, 0.2) is 73.1 Å². The average Bonchev–Trinajstić information content (AvgIpc) is 2.76. The molecular formula is C27H34FNO2Si. The predicted octanol–water partition coefficient (Wildman–Crippen LogP) is 7.29. The van der Waals surface area contributed by atoms with Gasteiger partial charge in [0.2, 0.25) is 0 Å². The van der Waals surface area contributed by atoms with Crippen molar-refractivity contribution in [3.63, 3.8) is 0 Å². The molecule has 1 aromatic heterocycles. The Morgan fingerprint density at radius 3 is 2.34 bits per heavy atom. The third-order valence-electron chi connectivity index (χ3n) is 6.19. The number of hydrogen-bond acceptors (Lipinski definition) is 3. The first-order valence-corrected chi connectivity index (χ1v) is 14.1. The number of aryl methyl sites for hydroxylation is 1. The van der Waals surface area contributed by atoms with Crippen molar-refractivity contribution in [3.8, 4) is 16.9 Å². The Balaban J connectivity index is 1.66. The summed E-state index contributed by atoms with van der Waals surface area (Å²) in [5.41, 5.74) is 3.02. The molecule has 0 amide bonds. The highest BCUT2D eigenvalue weighted by molar-refractivity contribution is 6.74. The third-order valence-corrected chi connectivity index (χ3v) is 10.7. The van der Waals surface area contributed by atoms with Crippen LogP contribution in [0, 0.1) is 5.82 Å². The highest BCUT2D eigenvalue weighted by Gasteiger charge is 2.39. The highest BCUT2D eigenvalue weighted by Crippen LogP contribution is 2.38.